The number of carbonyl (C=O) groups excluding carboxylic acids is 1. The second kappa shape index (κ2) is 4.45. The van der Waals surface area contributed by atoms with Crippen molar-refractivity contribution in [2.24, 2.45) is 0 Å². The van der Waals surface area contributed by atoms with Gasteiger partial charge in [-0.15, -0.1) is 0 Å². The molecular formula is C9H19NO2. The van der Waals surface area contributed by atoms with E-state index in [0.29, 0.717) is 6.54 Å². The van der Waals surface area contributed by atoms with E-state index >= 15 is 0 Å². The van der Waals surface area contributed by atoms with Gasteiger partial charge in [0.15, 0.2) is 0 Å². The van der Waals surface area contributed by atoms with E-state index in [0.717, 1.165) is 6.42 Å². The zero-order chi connectivity index (χ0) is 9.78. The Hall–Kier alpha value is -0.570. The van der Waals surface area contributed by atoms with E-state index < -0.39 is 0 Å². The molecule has 0 radical (unpaired) electrons. The number of nitrogens with zero attached hydrogens (tertiary/aromatic N) is 1. The van der Waals surface area contributed by atoms with E-state index in [-0.39, 0.29) is 11.5 Å². The van der Waals surface area contributed by atoms with Crippen LogP contribution in [0.2, 0.25) is 0 Å². The van der Waals surface area contributed by atoms with Crippen LogP contribution in [0.1, 0.15) is 27.2 Å². The summed E-state index contributed by atoms with van der Waals surface area (Å²) in [5, 5.41) is 0. The Morgan fingerprint density at radius 1 is 1.50 bits per heavy atom. The van der Waals surface area contributed by atoms with Crippen LogP contribution in [-0.2, 0) is 9.53 Å². The van der Waals surface area contributed by atoms with Gasteiger partial charge in [-0.3, -0.25) is 9.69 Å². The topological polar surface area (TPSA) is 29.5 Å². The molecule has 0 unspecified atom stereocenters. The van der Waals surface area contributed by atoms with Crippen molar-refractivity contribution in [3.8, 4) is 0 Å². The molecule has 0 N–H and O–H groups in total. The number of esters is 1. The fourth-order valence-electron chi connectivity index (χ4n) is 0.742. The number of methoxy groups -OCH3 is 1. The fourth-order valence-corrected chi connectivity index (χ4v) is 0.742. The summed E-state index contributed by atoms with van der Waals surface area (Å²) >= 11 is 0. The van der Waals surface area contributed by atoms with Gasteiger partial charge in [0.2, 0.25) is 0 Å². The van der Waals surface area contributed by atoms with Gasteiger partial charge in [-0.2, -0.15) is 0 Å². The molecule has 0 spiro atoms. The molecule has 0 amide bonds. The van der Waals surface area contributed by atoms with Gasteiger partial charge < -0.3 is 4.74 Å². The van der Waals surface area contributed by atoms with Crippen LogP contribution in [0.4, 0.5) is 0 Å². The summed E-state index contributed by atoms with van der Waals surface area (Å²) in [6.45, 7) is 6.68. The molecule has 0 bridgehead atoms. The van der Waals surface area contributed by atoms with Crippen molar-refractivity contribution in [2.45, 2.75) is 32.7 Å². The van der Waals surface area contributed by atoms with Crippen LogP contribution in [0.5, 0.6) is 0 Å². The summed E-state index contributed by atoms with van der Waals surface area (Å²) in [5.41, 5.74) is 0.0637. The Morgan fingerprint density at radius 3 is 2.33 bits per heavy atom. The average molecular weight is 173 g/mol. The van der Waals surface area contributed by atoms with Crippen LogP contribution in [0, 0.1) is 0 Å². The predicted octanol–water partition coefficient (Wildman–Crippen LogP) is 1.28. The van der Waals surface area contributed by atoms with Gasteiger partial charge >= 0.3 is 5.97 Å². The SMILES string of the molecule is CCC(C)(C)N(C)CC(=O)OC. The van der Waals surface area contributed by atoms with E-state index in [9.17, 15) is 4.79 Å². The molecule has 0 aliphatic carbocycles. The highest BCUT2D eigenvalue weighted by Gasteiger charge is 2.22. The Bertz CT molecular complexity index is 155. The fraction of sp³-hybridized carbons (Fsp3) is 0.889. The summed E-state index contributed by atoms with van der Waals surface area (Å²) in [6.07, 6.45) is 1.01. The molecule has 0 saturated heterocycles. The van der Waals surface area contributed by atoms with Crippen molar-refractivity contribution in [2.75, 3.05) is 20.7 Å². The molecule has 0 aliphatic rings. The van der Waals surface area contributed by atoms with Crippen LogP contribution in [0.25, 0.3) is 0 Å². The molecule has 3 heteroatoms. The van der Waals surface area contributed by atoms with Crippen molar-refractivity contribution in [1.82, 2.24) is 4.90 Å². The molecule has 0 aromatic carbocycles. The lowest BCUT2D eigenvalue weighted by atomic mass is 10.0. The first kappa shape index (κ1) is 11.4. The summed E-state index contributed by atoms with van der Waals surface area (Å²) in [6, 6.07) is 0. The Morgan fingerprint density at radius 2 is 2.00 bits per heavy atom. The maximum Gasteiger partial charge on any atom is 0.319 e. The maximum absolute atomic E-state index is 10.9. The number of hydrogen-bond acceptors (Lipinski definition) is 3. The van der Waals surface area contributed by atoms with Crippen LogP contribution in [0.3, 0.4) is 0 Å². The molecule has 3 nitrogen and oxygen atoms in total. The molecule has 0 aliphatic heterocycles. The average Bonchev–Trinajstić information content (AvgIpc) is 2.04. The van der Waals surface area contributed by atoms with Crippen molar-refractivity contribution in [1.29, 1.82) is 0 Å². The Kier molecular flexibility index (Phi) is 4.24. The molecule has 72 valence electrons. The molecule has 0 aromatic rings. The third kappa shape index (κ3) is 3.22. The molecule has 12 heavy (non-hydrogen) atoms. The highest BCUT2D eigenvalue weighted by molar-refractivity contribution is 5.71. The third-order valence-corrected chi connectivity index (χ3v) is 2.49. The molecule has 0 rings (SSSR count). The van der Waals surface area contributed by atoms with E-state index in [4.69, 9.17) is 0 Å². The monoisotopic (exact) mass is 173 g/mol. The highest BCUT2D eigenvalue weighted by Crippen LogP contribution is 2.15. The first-order chi connectivity index (χ1) is 5.44. The number of ether oxygens (including phenoxy) is 1. The second-order valence-corrected chi connectivity index (χ2v) is 3.60. The molecule has 0 aromatic heterocycles. The third-order valence-electron chi connectivity index (χ3n) is 2.49. The molecule has 0 heterocycles. The van der Waals surface area contributed by atoms with Crippen molar-refractivity contribution in [3.63, 3.8) is 0 Å². The quantitative estimate of drug-likeness (QED) is 0.600. The summed E-state index contributed by atoms with van der Waals surface area (Å²) in [5.74, 6) is -0.181. The zero-order valence-corrected chi connectivity index (χ0v) is 8.68. The van der Waals surface area contributed by atoms with E-state index in [1.807, 2.05) is 11.9 Å². The van der Waals surface area contributed by atoms with Crippen LogP contribution in [0.15, 0.2) is 0 Å². The predicted molar refractivity (Wildman–Crippen MR) is 49.0 cm³/mol. The smallest absolute Gasteiger partial charge is 0.319 e. The minimum atomic E-state index is -0.181. The van der Waals surface area contributed by atoms with E-state index in [1.165, 1.54) is 7.11 Å². The zero-order valence-electron chi connectivity index (χ0n) is 8.68. The highest BCUT2D eigenvalue weighted by atomic mass is 16.5. The normalized spacial score (nSPS) is 11.8. The lowest BCUT2D eigenvalue weighted by Crippen LogP contribution is -2.43. The molecule has 0 saturated carbocycles. The van der Waals surface area contributed by atoms with Gasteiger partial charge in [-0.25, -0.2) is 0 Å². The van der Waals surface area contributed by atoms with Crippen molar-refractivity contribution < 1.29 is 9.53 Å². The van der Waals surface area contributed by atoms with Crippen molar-refractivity contribution >= 4 is 5.97 Å². The van der Waals surface area contributed by atoms with Gasteiger partial charge in [0.25, 0.3) is 0 Å². The van der Waals surface area contributed by atoms with Gasteiger partial charge in [-0.05, 0) is 27.3 Å². The molecule has 0 fully saturated rings. The van der Waals surface area contributed by atoms with Crippen LogP contribution in [-0.4, -0.2) is 37.1 Å². The Balaban J connectivity index is 4.02. The Labute approximate surface area is 74.7 Å². The lowest BCUT2D eigenvalue weighted by molar-refractivity contribution is -0.142. The number of hydrogen-bond donors (Lipinski definition) is 0. The summed E-state index contributed by atoms with van der Waals surface area (Å²) < 4.78 is 4.58. The van der Waals surface area contributed by atoms with Crippen LogP contribution >= 0.6 is 0 Å². The number of rotatable bonds is 4. The van der Waals surface area contributed by atoms with E-state index in [2.05, 4.69) is 25.5 Å². The lowest BCUT2D eigenvalue weighted by Gasteiger charge is -2.33. The first-order valence-electron chi connectivity index (χ1n) is 4.22. The maximum atomic E-state index is 10.9. The molecule has 0 atom stereocenters. The van der Waals surface area contributed by atoms with Crippen molar-refractivity contribution in [3.05, 3.63) is 0 Å². The van der Waals surface area contributed by atoms with E-state index in [1.54, 1.807) is 0 Å². The standard InChI is InChI=1S/C9H19NO2/c1-6-9(2,3)10(4)7-8(11)12-5/h6-7H2,1-5H3. The first-order valence-corrected chi connectivity index (χ1v) is 4.22. The van der Waals surface area contributed by atoms with Gasteiger partial charge in [0.05, 0.1) is 13.7 Å². The largest absolute Gasteiger partial charge is 0.468 e. The summed E-state index contributed by atoms with van der Waals surface area (Å²) in [4.78, 5) is 12.9. The minimum absolute atomic E-state index is 0.0637. The second-order valence-electron chi connectivity index (χ2n) is 3.60. The molecular weight excluding hydrogens is 154 g/mol. The number of carbonyl (C=O) groups is 1. The van der Waals surface area contributed by atoms with Gasteiger partial charge in [0, 0.05) is 5.54 Å². The summed E-state index contributed by atoms with van der Waals surface area (Å²) in [7, 11) is 3.34. The van der Waals surface area contributed by atoms with Gasteiger partial charge in [-0.1, -0.05) is 6.92 Å². The van der Waals surface area contributed by atoms with Crippen LogP contribution < -0.4 is 0 Å². The minimum Gasteiger partial charge on any atom is -0.468 e. The number of likely N-dealkylation sites (N-methyl/N-ethyl adjacent to an activating group) is 1. The van der Waals surface area contributed by atoms with Gasteiger partial charge in [0.1, 0.15) is 0 Å².